The molecular formula is C29H31N3. The monoisotopic (exact) mass is 421 g/mol. The van der Waals surface area contributed by atoms with Gasteiger partial charge in [0.2, 0.25) is 0 Å². The Hall–Kier alpha value is -3.59. The van der Waals surface area contributed by atoms with Crippen LogP contribution in [-0.4, -0.2) is 25.8 Å². The second-order valence-electron chi connectivity index (χ2n) is 7.86. The fraction of sp³-hybridized carbons (Fsp3) is 0.207. The summed E-state index contributed by atoms with van der Waals surface area (Å²) in [6, 6.07) is 34.2. The molecule has 4 aromatic rings. The molecule has 0 heterocycles. The average molecular weight is 422 g/mol. The van der Waals surface area contributed by atoms with E-state index in [1.165, 1.54) is 22.0 Å². The molecule has 0 aliphatic carbocycles. The van der Waals surface area contributed by atoms with Crippen molar-refractivity contribution in [2.24, 2.45) is 5.10 Å². The van der Waals surface area contributed by atoms with Crippen molar-refractivity contribution in [1.82, 2.24) is 0 Å². The van der Waals surface area contributed by atoms with Crippen LogP contribution >= 0.6 is 0 Å². The fourth-order valence-electron chi connectivity index (χ4n) is 4.09. The van der Waals surface area contributed by atoms with Gasteiger partial charge in [-0.05, 0) is 66.4 Å². The molecule has 0 atom stereocenters. The summed E-state index contributed by atoms with van der Waals surface area (Å²) in [5, 5.41) is 9.58. The molecule has 0 bridgehead atoms. The van der Waals surface area contributed by atoms with E-state index in [1.54, 1.807) is 0 Å². The standard InChI is InChI=1S/C29H31N3/c1-3-31(4-2)27-17-19-28(20-18-27)32(30-23-24-11-6-5-7-12-24)22-21-26-15-10-14-25-13-8-9-16-29(25)26/h5-20,23H,3-4,21-22H2,1-2H3. The highest BCUT2D eigenvalue weighted by Gasteiger charge is 2.09. The summed E-state index contributed by atoms with van der Waals surface area (Å²) >= 11 is 0. The van der Waals surface area contributed by atoms with Gasteiger partial charge in [0, 0.05) is 25.3 Å². The van der Waals surface area contributed by atoms with E-state index in [4.69, 9.17) is 5.10 Å². The lowest BCUT2D eigenvalue weighted by molar-refractivity contribution is 0.830. The van der Waals surface area contributed by atoms with E-state index in [-0.39, 0.29) is 0 Å². The molecule has 162 valence electrons. The minimum absolute atomic E-state index is 0.807. The van der Waals surface area contributed by atoms with Crippen LogP contribution < -0.4 is 9.91 Å². The number of hydrogen-bond donors (Lipinski definition) is 0. The van der Waals surface area contributed by atoms with Crippen LogP contribution in [-0.2, 0) is 6.42 Å². The van der Waals surface area contributed by atoms with Gasteiger partial charge in [0.25, 0.3) is 0 Å². The van der Waals surface area contributed by atoms with Gasteiger partial charge in [-0.3, -0.25) is 5.01 Å². The minimum atomic E-state index is 0.807. The highest BCUT2D eigenvalue weighted by Crippen LogP contribution is 2.23. The van der Waals surface area contributed by atoms with Crippen molar-refractivity contribution < 1.29 is 0 Å². The van der Waals surface area contributed by atoms with E-state index in [0.717, 1.165) is 37.3 Å². The van der Waals surface area contributed by atoms with Crippen LogP contribution in [0.1, 0.15) is 25.0 Å². The Morgan fingerprint density at radius 2 is 1.34 bits per heavy atom. The largest absolute Gasteiger partial charge is 0.372 e. The summed E-state index contributed by atoms with van der Waals surface area (Å²) in [6.07, 6.45) is 2.87. The molecule has 0 aliphatic heterocycles. The summed E-state index contributed by atoms with van der Waals surface area (Å²) in [7, 11) is 0. The zero-order chi connectivity index (χ0) is 22.2. The highest BCUT2D eigenvalue weighted by molar-refractivity contribution is 5.85. The minimum Gasteiger partial charge on any atom is -0.372 e. The molecule has 4 rings (SSSR count). The highest BCUT2D eigenvalue weighted by atomic mass is 15.4. The van der Waals surface area contributed by atoms with Crippen LogP contribution in [0.4, 0.5) is 11.4 Å². The van der Waals surface area contributed by atoms with Gasteiger partial charge in [-0.15, -0.1) is 0 Å². The van der Waals surface area contributed by atoms with Crippen LogP contribution in [0.2, 0.25) is 0 Å². The third-order valence-corrected chi connectivity index (χ3v) is 5.89. The zero-order valence-electron chi connectivity index (χ0n) is 19.0. The quantitative estimate of drug-likeness (QED) is 0.219. The van der Waals surface area contributed by atoms with Gasteiger partial charge in [0.1, 0.15) is 0 Å². The Bertz CT molecular complexity index is 1140. The van der Waals surface area contributed by atoms with Crippen molar-refractivity contribution in [2.75, 3.05) is 29.5 Å². The molecular weight excluding hydrogens is 390 g/mol. The maximum absolute atomic E-state index is 4.87. The lowest BCUT2D eigenvalue weighted by Crippen LogP contribution is -2.22. The second kappa shape index (κ2) is 10.6. The van der Waals surface area contributed by atoms with Crippen LogP contribution in [0, 0.1) is 0 Å². The third-order valence-electron chi connectivity index (χ3n) is 5.89. The van der Waals surface area contributed by atoms with E-state index in [2.05, 4.69) is 103 Å². The molecule has 0 saturated carbocycles. The molecule has 0 aromatic heterocycles. The number of fused-ring (bicyclic) bond motifs is 1. The molecule has 0 N–H and O–H groups in total. The SMILES string of the molecule is CCN(CC)c1ccc(N(CCc2cccc3ccccc23)N=Cc2ccccc2)cc1. The molecule has 0 aliphatic rings. The first kappa shape index (κ1) is 21.6. The topological polar surface area (TPSA) is 18.8 Å². The third kappa shape index (κ3) is 5.17. The van der Waals surface area contributed by atoms with Gasteiger partial charge >= 0.3 is 0 Å². The van der Waals surface area contributed by atoms with Crippen LogP contribution in [0.3, 0.4) is 0 Å². The van der Waals surface area contributed by atoms with Crippen molar-refractivity contribution in [3.8, 4) is 0 Å². The Balaban J connectivity index is 1.59. The molecule has 4 aromatic carbocycles. The second-order valence-corrected chi connectivity index (χ2v) is 7.86. The molecule has 0 fully saturated rings. The van der Waals surface area contributed by atoms with Crippen molar-refractivity contribution in [3.63, 3.8) is 0 Å². The number of benzene rings is 4. The summed E-state index contributed by atoms with van der Waals surface area (Å²) < 4.78 is 0. The van der Waals surface area contributed by atoms with Crippen molar-refractivity contribution >= 4 is 28.4 Å². The summed E-state index contributed by atoms with van der Waals surface area (Å²) in [6.45, 7) is 7.21. The Morgan fingerprint density at radius 3 is 2.09 bits per heavy atom. The molecule has 0 unspecified atom stereocenters. The average Bonchev–Trinajstić information content (AvgIpc) is 2.86. The lowest BCUT2D eigenvalue weighted by atomic mass is 10.0. The predicted molar refractivity (Wildman–Crippen MR) is 139 cm³/mol. The van der Waals surface area contributed by atoms with Gasteiger partial charge in [-0.1, -0.05) is 72.8 Å². The summed E-state index contributed by atoms with van der Waals surface area (Å²) in [4.78, 5) is 2.36. The van der Waals surface area contributed by atoms with Crippen molar-refractivity contribution in [2.45, 2.75) is 20.3 Å². The summed E-state index contributed by atoms with van der Waals surface area (Å²) in [5.41, 5.74) is 4.80. The smallest absolute Gasteiger partial charge is 0.0595 e. The van der Waals surface area contributed by atoms with Gasteiger partial charge in [-0.25, -0.2) is 0 Å². The number of anilines is 2. The van der Waals surface area contributed by atoms with Crippen LogP contribution in [0.15, 0.2) is 102 Å². The fourth-order valence-corrected chi connectivity index (χ4v) is 4.09. The molecule has 0 saturated heterocycles. The van der Waals surface area contributed by atoms with E-state index in [9.17, 15) is 0 Å². The first-order valence-electron chi connectivity index (χ1n) is 11.5. The molecule has 3 heteroatoms. The van der Waals surface area contributed by atoms with E-state index in [0.29, 0.717) is 0 Å². The van der Waals surface area contributed by atoms with E-state index in [1.807, 2.05) is 24.4 Å². The zero-order valence-corrected chi connectivity index (χ0v) is 19.0. The van der Waals surface area contributed by atoms with Crippen molar-refractivity contribution in [1.29, 1.82) is 0 Å². The Labute approximate surface area is 191 Å². The maximum Gasteiger partial charge on any atom is 0.0595 e. The molecule has 0 spiro atoms. The Morgan fingerprint density at radius 1 is 0.688 bits per heavy atom. The first-order chi connectivity index (χ1) is 15.8. The molecule has 0 radical (unpaired) electrons. The predicted octanol–water partition coefficient (Wildman–Crippen LogP) is 6.77. The van der Waals surface area contributed by atoms with E-state index < -0.39 is 0 Å². The number of nitrogens with zero attached hydrogens (tertiary/aromatic N) is 3. The normalized spacial score (nSPS) is 11.2. The van der Waals surface area contributed by atoms with Gasteiger partial charge < -0.3 is 4.90 Å². The van der Waals surface area contributed by atoms with Crippen LogP contribution in [0.25, 0.3) is 10.8 Å². The number of hydrogen-bond acceptors (Lipinski definition) is 3. The molecule has 32 heavy (non-hydrogen) atoms. The van der Waals surface area contributed by atoms with Gasteiger partial charge in [-0.2, -0.15) is 5.10 Å². The van der Waals surface area contributed by atoms with Crippen LogP contribution in [0.5, 0.6) is 0 Å². The number of rotatable bonds is 9. The van der Waals surface area contributed by atoms with Gasteiger partial charge in [0.15, 0.2) is 0 Å². The molecule has 0 amide bonds. The lowest BCUT2D eigenvalue weighted by Gasteiger charge is -2.23. The van der Waals surface area contributed by atoms with Crippen molar-refractivity contribution in [3.05, 3.63) is 108 Å². The summed E-state index contributed by atoms with van der Waals surface area (Å²) in [5.74, 6) is 0. The van der Waals surface area contributed by atoms with E-state index >= 15 is 0 Å². The van der Waals surface area contributed by atoms with Gasteiger partial charge in [0.05, 0.1) is 11.9 Å². The molecule has 3 nitrogen and oxygen atoms in total. The maximum atomic E-state index is 4.87. The number of hydrazone groups is 1. The first-order valence-corrected chi connectivity index (χ1v) is 11.5. The Kier molecular flexibility index (Phi) is 7.19.